The normalized spacial score (nSPS) is 24.2. The summed E-state index contributed by atoms with van der Waals surface area (Å²) in [6, 6.07) is 0.586. The van der Waals surface area contributed by atoms with E-state index >= 15 is 0 Å². The Hall–Kier alpha value is -0.900. The Kier molecular flexibility index (Phi) is 1.85. The zero-order valence-electron chi connectivity index (χ0n) is 6.40. The zero-order chi connectivity index (χ0) is 7.52. The van der Waals surface area contributed by atoms with Crippen LogP contribution in [-0.2, 0) is 6.54 Å². The van der Waals surface area contributed by atoms with E-state index in [4.69, 9.17) is 0 Å². The lowest BCUT2D eigenvalue weighted by Crippen LogP contribution is -2.27. The van der Waals surface area contributed by atoms with E-state index in [1.165, 1.54) is 12.8 Å². The number of hydrogen-bond donors (Lipinski definition) is 1. The van der Waals surface area contributed by atoms with Crippen LogP contribution in [0.2, 0.25) is 0 Å². The molecule has 11 heavy (non-hydrogen) atoms. The molecule has 0 radical (unpaired) electrons. The lowest BCUT2D eigenvalue weighted by Gasteiger charge is -2.07. The SMILES string of the molecule is c1cnn(CC2CCCN2)n1. The molecule has 1 unspecified atom stereocenters. The van der Waals surface area contributed by atoms with E-state index in [0.29, 0.717) is 6.04 Å². The molecule has 0 amide bonds. The smallest absolute Gasteiger partial charge is 0.0760 e. The van der Waals surface area contributed by atoms with Gasteiger partial charge in [0.2, 0.25) is 0 Å². The van der Waals surface area contributed by atoms with E-state index in [-0.39, 0.29) is 0 Å². The molecule has 1 aliphatic heterocycles. The molecule has 4 heteroatoms. The van der Waals surface area contributed by atoms with Gasteiger partial charge < -0.3 is 5.32 Å². The number of aromatic nitrogens is 3. The van der Waals surface area contributed by atoms with Crippen LogP contribution in [0.1, 0.15) is 12.8 Å². The van der Waals surface area contributed by atoms with Gasteiger partial charge in [0, 0.05) is 6.04 Å². The van der Waals surface area contributed by atoms with Crippen LogP contribution < -0.4 is 5.32 Å². The molecule has 1 aromatic rings. The minimum Gasteiger partial charge on any atom is -0.312 e. The Balaban J connectivity index is 1.90. The summed E-state index contributed by atoms with van der Waals surface area (Å²) in [7, 11) is 0. The van der Waals surface area contributed by atoms with Crippen LogP contribution in [0.15, 0.2) is 12.4 Å². The van der Waals surface area contributed by atoms with Crippen LogP contribution in [0, 0.1) is 0 Å². The van der Waals surface area contributed by atoms with Crippen molar-refractivity contribution in [2.45, 2.75) is 25.4 Å². The summed E-state index contributed by atoms with van der Waals surface area (Å²) < 4.78 is 0. The Morgan fingerprint density at radius 2 is 2.27 bits per heavy atom. The third-order valence-electron chi connectivity index (χ3n) is 2.01. The zero-order valence-corrected chi connectivity index (χ0v) is 6.40. The lowest BCUT2D eigenvalue weighted by atomic mass is 10.2. The monoisotopic (exact) mass is 152 g/mol. The van der Waals surface area contributed by atoms with Crippen LogP contribution >= 0.6 is 0 Å². The predicted octanol–water partition coefficient (Wildman–Crippen LogP) is 0.0301. The Bertz CT molecular complexity index is 200. The van der Waals surface area contributed by atoms with Crippen molar-refractivity contribution in [1.29, 1.82) is 0 Å². The standard InChI is InChI=1S/C7H12N4/c1-2-7(8-3-1)6-11-9-4-5-10-11/h4-5,7-8H,1-3,6H2. The van der Waals surface area contributed by atoms with Crippen molar-refractivity contribution in [1.82, 2.24) is 20.3 Å². The number of nitrogens with one attached hydrogen (secondary N) is 1. The first-order valence-corrected chi connectivity index (χ1v) is 4.02. The molecule has 0 spiro atoms. The van der Waals surface area contributed by atoms with Crippen LogP contribution in [0.5, 0.6) is 0 Å². The molecule has 0 bridgehead atoms. The topological polar surface area (TPSA) is 42.7 Å². The van der Waals surface area contributed by atoms with Gasteiger partial charge in [-0.15, -0.1) is 0 Å². The predicted molar refractivity (Wildman–Crippen MR) is 41.0 cm³/mol. The van der Waals surface area contributed by atoms with Gasteiger partial charge in [-0.2, -0.15) is 15.0 Å². The molecule has 0 aliphatic carbocycles. The van der Waals surface area contributed by atoms with Crippen molar-refractivity contribution in [3.05, 3.63) is 12.4 Å². The van der Waals surface area contributed by atoms with Gasteiger partial charge in [-0.3, -0.25) is 0 Å². The van der Waals surface area contributed by atoms with Gasteiger partial charge in [-0.05, 0) is 19.4 Å². The fourth-order valence-electron chi connectivity index (χ4n) is 1.45. The minimum atomic E-state index is 0.586. The molecule has 1 N–H and O–H groups in total. The first-order chi connectivity index (χ1) is 5.45. The highest BCUT2D eigenvalue weighted by Gasteiger charge is 2.14. The fraction of sp³-hybridized carbons (Fsp3) is 0.714. The summed E-state index contributed by atoms with van der Waals surface area (Å²) in [5.74, 6) is 0. The maximum Gasteiger partial charge on any atom is 0.0760 e. The molecular formula is C7H12N4. The molecule has 0 aromatic carbocycles. The average molecular weight is 152 g/mol. The largest absolute Gasteiger partial charge is 0.312 e. The molecule has 1 saturated heterocycles. The highest BCUT2D eigenvalue weighted by molar-refractivity contribution is 4.73. The third-order valence-corrected chi connectivity index (χ3v) is 2.01. The van der Waals surface area contributed by atoms with E-state index < -0.39 is 0 Å². The van der Waals surface area contributed by atoms with Crippen LogP contribution in [0.25, 0.3) is 0 Å². The summed E-state index contributed by atoms with van der Waals surface area (Å²) in [6.45, 7) is 2.05. The summed E-state index contributed by atoms with van der Waals surface area (Å²) in [6.07, 6.45) is 5.97. The van der Waals surface area contributed by atoms with Crippen molar-refractivity contribution in [3.8, 4) is 0 Å². The summed E-state index contributed by atoms with van der Waals surface area (Å²) in [4.78, 5) is 1.74. The molecule has 0 saturated carbocycles. The quantitative estimate of drug-likeness (QED) is 0.650. The fourth-order valence-corrected chi connectivity index (χ4v) is 1.45. The molecule has 1 atom stereocenters. The van der Waals surface area contributed by atoms with Gasteiger partial charge >= 0.3 is 0 Å². The lowest BCUT2D eigenvalue weighted by molar-refractivity contribution is 0.436. The van der Waals surface area contributed by atoms with Crippen molar-refractivity contribution in [2.75, 3.05) is 6.54 Å². The second-order valence-corrected chi connectivity index (χ2v) is 2.88. The summed E-state index contributed by atoms with van der Waals surface area (Å²) in [5, 5.41) is 11.5. The first kappa shape index (κ1) is 6.79. The van der Waals surface area contributed by atoms with Gasteiger partial charge in [0.05, 0.1) is 18.9 Å². The van der Waals surface area contributed by atoms with Crippen molar-refractivity contribution < 1.29 is 0 Å². The minimum absolute atomic E-state index is 0.586. The van der Waals surface area contributed by atoms with E-state index in [0.717, 1.165) is 13.1 Å². The Morgan fingerprint density at radius 3 is 2.91 bits per heavy atom. The van der Waals surface area contributed by atoms with Crippen LogP contribution in [-0.4, -0.2) is 27.6 Å². The van der Waals surface area contributed by atoms with E-state index in [9.17, 15) is 0 Å². The summed E-state index contributed by atoms with van der Waals surface area (Å²) in [5.41, 5.74) is 0. The van der Waals surface area contributed by atoms with Crippen LogP contribution in [0.4, 0.5) is 0 Å². The van der Waals surface area contributed by atoms with Crippen molar-refractivity contribution in [2.24, 2.45) is 0 Å². The van der Waals surface area contributed by atoms with Gasteiger partial charge in [-0.25, -0.2) is 0 Å². The van der Waals surface area contributed by atoms with Crippen molar-refractivity contribution in [3.63, 3.8) is 0 Å². The number of rotatable bonds is 2. The van der Waals surface area contributed by atoms with Crippen molar-refractivity contribution >= 4 is 0 Å². The molecule has 4 nitrogen and oxygen atoms in total. The third kappa shape index (κ3) is 1.57. The highest BCUT2D eigenvalue weighted by atomic mass is 15.5. The van der Waals surface area contributed by atoms with E-state index in [2.05, 4.69) is 15.5 Å². The highest BCUT2D eigenvalue weighted by Crippen LogP contribution is 2.05. The average Bonchev–Trinajstić information content (AvgIpc) is 2.60. The molecule has 2 heterocycles. The molecule has 60 valence electrons. The van der Waals surface area contributed by atoms with E-state index in [1.807, 2.05) is 0 Å². The second kappa shape index (κ2) is 3.00. The molecule has 1 aromatic heterocycles. The number of hydrogen-bond acceptors (Lipinski definition) is 3. The first-order valence-electron chi connectivity index (χ1n) is 4.02. The van der Waals surface area contributed by atoms with E-state index in [1.54, 1.807) is 17.2 Å². The van der Waals surface area contributed by atoms with Gasteiger partial charge in [0.1, 0.15) is 0 Å². The molecule has 1 aliphatic rings. The van der Waals surface area contributed by atoms with Gasteiger partial charge in [0.15, 0.2) is 0 Å². The summed E-state index contributed by atoms with van der Waals surface area (Å²) >= 11 is 0. The molecule has 1 fully saturated rings. The van der Waals surface area contributed by atoms with Gasteiger partial charge in [0.25, 0.3) is 0 Å². The Labute approximate surface area is 65.6 Å². The van der Waals surface area contributed by atoms with Crippen LogP contribution in [0.3, 0.4) is 0 Å². The molecular weight excluding hydrogens is 140 g/mol. The van der Waals surface area contributed by atoms with Gasteiger partial charge in [-0.1, -0.05) is 0 Å². The molecule has 2 rings (SSSR count). The maximum atomic E-state index is 4.05. The Morgan fingerprint density at radius 1 is 1.45 bits per heavy atom. The maximum absolute atomic E-state index is 4.05. The number of nitrogens with zero attached hydrogens (tertiary/aromatic N) is 3. The second-order valence-electron chi connectivity index (χ2n) is 2.88.